The van der Waals surface area contributed by atoms with Gasteiger partial charge in [0.25, 0.3) is 0 Å². The van der Waals surface area contributed by atoms with Crippen molar-refractivity contribution in [2.24, 2.45) is 0 Å². The van der Waals surface area contributed by atoms with Crippen LogP contribution in [0.1, 0.15) is 5.56 Å². The van der Waals surface area contributed by atoms with Crippen LogP contribution in [-0.4, -0.2) is 11.8 Å². The fraction of sp³-hybridized carbons (Fsp3) is 0.154. The molecule has 0 amide bonds. The number of nitrogens with two attached hydrogens (primary N) is 1. The van der Waals surface area contributed by atoms with Crippen molar-refractivity contribution in [1.29, 1.82) is 0 Å². The second-order valence-electron chi connectivity index (χ2n) is 4.28. The highest BCUT2D eigenvalue weighted by molar-refractivity contribution is 5.98. The van der Waals surface area contributed by atoms with Crippen LogP contribution in [0.3, 0.4) is 0 Å². The predicted molar refractivity (Wildman–Crippen MR) is 65.3 cm³/mol. The molecule has 3 aromatic rings. The first-order valence-electron chi connectivity index (χ1n) is 5.70. The first-order chi connectivity index (χ1) is 8.84. The Labute approximate surface area is 102 Å². The van der Waals surface area contributed by atoms with E-state index in [1.165, 1.54) is 0 Å². The molecule has 0 bridgehead atoms. The number of furan rings is 1. The molecule has 1 aromatic carbocycles. The van der Waals surface area contributed by atoms with Crippen molar-refractivity contribution in [1.82, 2.24) is 5.16 Å². The van der Waals surface area contributed by atoms with Gasteiger partial charge in [-0.15, -0.1) is 0 Å². The van der Waals surface area contributed by atoms with E-state index in [0.717, 1.165) is 34.2 Å². The normalized spacial score (nSPS) is 13.8. The highest BCUT2D eigenvalue weighted by atomic mass is 16.5. The van der Waals surface area contributed by atoms with Crippen LogP contribution in [0.5, 0.6) is 5.75 Å². The van der Waals surface area contributed by atoms with Crippen LogP contribution in [0.2, 0.25) is 0 Å². The fourth-order valence-electron chi connectivity index (χ4n) is 2.47. The van der Waals surface area contributed by atoms with Gasteiger partial charge in [0, 0.05) is 17.5 Å². The van der Waals surface area contributed by atoms with Gasteiger partial charge in [-0.2, -0.15) is 0 Å². The molecule has 0 fully saturated rings. The molecule has 2 aromatic heterocycles. The monoisotopic (exact) mass is 242 g/mol. The topological polar surface area (TPSA) is 74.4 Å². The van der Waals surface area contributed by atoms with Gasteiger partial charge in [0.2, 0.25) is 0 Å². The zero-order valence-corrected chi connectivity index (χ0v) is 9.47. The lowest BCUT2D eigenvalue weighted by Gasteiger charge is -2.05. The Morgan fingerprint density at radius 3 is 3.11 bits per heavy atom. The lowest BCUT2D eigenvalue weighted by Crippen LogP contribution is -1.89. The molecule has 3 heterocycles. The Morgan fingerprint density at radius 1 is 1.33 bits per heavy atom. The number of aromatic nitrogens is 1. The van der Waals surface area contributed by atoms with Crippen LogP contribution < -0.4 is 10.5 Å². The molecule has 5 nitrogen and oxygen atoms in total. The van der Waals surface area contributed by atoms with Gasteiger partial charge < -0.3 is 19.4 Å². The number of nitrogen functional groups attached to an aromatic ring is 1. The lowest BCUT2D eigenvalue weighted by molar-refractivity contribution is 0.360. The summed E-state index contributed by atoms with van der Waals surface area (Å²) in [7, 11) is 0. The fourth-order valence-corrected chi connectivity index (χ4v) is 2.47. The van der Waals surface area contributed by atoms with E-state index in [-0.39, 0.29) is 0 Å². The summed E-state index contributed by atoms with van der Waals surface area (Å²) in [4.78, 5) is 0. The molecule has 0 spiro atoms. The van der Waals surface area contributed by atoms with Gasteiger partial charge >= 0.3 is 0 Å². The number of nitrogens with zero attached hydrogens (tertiary/aromatic N) is 1. The summed E-state index contributed by atoms with van der Waals surface area (Å²) >= 11 is 0. The third-order valence-corrected chi connectivity index (χ3v) is 3.28. The van der Waals surface area contributed by atoms with Gasteiger partial charge in [-0.3, -0.25) is 0 Å². The van der Waals surface area contributed by atoms with Crippen LogP contribution >= 0.6 is 0 Å². The zero-order valence-electron chi connectivity index (χ0n) is 9.47. The van der Waals surface area contributed by atoms with Crippen molar-refractivity contribution in [2.75, 3.05) is 12.3 Å². The summed E-state index contributed by atoms with van der Waals surface area (Å²) in [5.41, 5.74) is 9.66. The maximum absolute atomic E-state index is 5.81. The Balaban J connectivity index is 2.11. The Bertz CT molecular complexity index is 728. The summed E-state index contributed by atoms with van der Waals surface area (Å²) < 4.78 is 16.0. The van der Waals surface area contributed by atoms with Gasteiger partial charge in [0.15, 0.2) is 11.4 Å². The number of hydrogen-bond acceptors (Lipinski definition) is 5. The van der Waals surface area contributed by atoms with Crippen molar-refractivity contribution in [2.45, 2.75) is 6.42 Å². The minimum atomic E-state index is 0.377. The minimum Gasteiger partial charge on any atom is -0.492 e. The van der Waals surface area contributed by atoms with Crippen molar-refractivity contribution >= 4 is 16.8 Å². The molecule has 18 heavy (non-hydrogen) atoms. The first kappa shape index (κ1) is 9.58. The maximum atomic E-state index is 5.81. The summed E-state index contributed by atoms with van der Waals surface area (Å²) in [5, 5.41) is 4.57. The molecule has 0 saturated carbocycles. The van der Waals surface area contributed by atoms with Gasteiger partial charge in [0.1, 0.15) is 11.1 Å². The lowest BCUT2D eigenvalue weighted by atomic mass is 9.98. The molecule has 1 aliphatic rings. The van der Waals surface area contributed by atoms with Crippen molar-refractivity contribution in [3.63, 3.8) is 0 Å². The van der Waals surface area contributed by atoms with Gasteiger partial charge in [-0.1, -0.05) is 5.16 Å². The summed E-state index contributed by atoms with van der Waals surface area (Å²) in [5.74, 6) is 1.17. The number of anilines is 1. The number of rotatable bonds is 1. The number of hydrogen-bond donors (Lipinski definition) is 1. The predicted octanol–water partition coefficient (Wildman–Crippen LogP) is 2.60. The van der Waals surface area contributed by atoms with Crippen molar-refractivity contribution < 1.29 is 13.7 Å². The van der Waals surface area contributed by atoms with E-state index < -0.39 is 0 Å². The molecule has 0 aliphatic carbocycles. The number of ether oxygens (including phenoxy) is 1. The van der Waals surface area contributed by atoms with E-state index >= 15 is 0 Å². The zero-order chi connectivity index (χ0) is 12.1. The van der Waals surface area contributed by atoms with Crippen LogP contribution in [0, 0.1) is 0 Å². The molecule has 5 heteroatoms. The van der Waals surface area contributed by atoms with E-state index in [1.54, 1.807) is 12.5 Å². The van der Waals surface area contributed by atoms with E-state index in [4.69, 9.17) is 19.4 Å². The summed E-state index contributed by atoms with van der Waals surface area (Å²) in [6.07, 6.45) is 4.21. The number of benzene rings is 1. The third kappa shape index (κ3) is 1.13. The van der Waals surface area contributed by atoms with Crippen LogP contribution in [0.4, 0.5) is 5.82 Å². The molecule has 0 atom stereocenters. The van der Waals surface area contributed by atoms with E-state index in [1.807, 2.05) is 12.1 Å². The van der Waals surface area contributed by atoms with Gasteiger partial charge in [0.05, 0.1) is 19.1 Å². The molecule has 4 rings (SSSR count). The number of fused-ring (bicyclic) bond motifs is 3. The molecule has 90 valence electrons. The largest absolute Gasteiger partial charge is 0.492 e. The average molecular weight is 242 g/mol. The molecule has 2 N–H and O–H groups in total. The van der Waals surface area contributed by atoms with Crippen LogP contribution in [0.15, 0.2) is 33.6 Å². The van der Waals surface area contributed by atoms with Crippen LogP contribution in [0.25, 0.3) is 22.1 Å². The summed E-state index contributed by atoms with van der Waals surface area (Å²) in [6, 6.07) is 3.86. The Morgan fingerprint density at radius 2 is 2.28 bits per heavy atom. The first-order valence-corrected chi connectivity index (χ1v) is 5.70. The van der Waals surface area contributed by atoms with E-state index in [0.29, 0.717) is 18.0 Å². The average Bonchev–Trinajstić information content (AvgIpc) is 3.06. The van der Waals surface area contributed by atoms with Gasteiger partial charge in [-0.25, -0.2) is 0 Å². The molecular formula is C13H10N2O3. The highest BCUT2D eigenvalue weighted by Gasteiger charge is 2.25. The van der Waals surface area contributed by atoms with Crippen LogP contribution in [-0.2, 0) is 6.42 Å². The third-order valence-electron chi connectivity index (χ3n) is 3.28. The maximum Gasteiger partial charge on any atom is 0.178 e. The molecule has 1 aliphatic heterocycles. The minimum absolute atomic E-state index is 0.377. The molecule has 0 unspecified atom stereocenters. The van der Waals surface area contributed by atoms with E-state index in [2.05, 4.69) is 5.16 Å². The smallest absolute Gasteiger partial charge is 0.178 e. The van der Waals surface area contributed by atoms with Gasteiger partial charge in [-0.05, 0) is 17.7 Å². The molecule has 0 radical (unpaired) electrons. The van der Waals surface area contributed by atoms with Crippen molar-refractivity contribution in [3.05, 3.63) is 30.2 Å². The second-order valence-corrected chi connectivity index (χ2v) is 4.28. The SMILES string of the molecule is Nc1noc2cc(-c3ccoc3)c3c(c12)OCC3. The Kier molecular flexibility index (Phi) is 1.75. The Hall–Kier alpha value is -2.43. The molecular weight excluding hydrogens is 232 g/mol. The second kappa shape index (κ2) is 3.29. The quantitative estimate of drug-likeness (QED) is 0.709. The summed E-state index contributed by atoms with van der Waals surface area (Å²) in [6.45, 7) is 0.657. The van der Waals surface area contributed by atoms with Crippen molar-refractivity contribution in [3.8, 4) is 16.9 Å². The van der Waals surface area contributed by atoms with E-state index in [9.17, 15) is 0 Å². The standard InChI is InChI=1S/C13H10N2O3/c14-13-11-10(18-15-13)5-9(7-1-3-16-6-7)8-2-4-17-12(8)11/h1,3,5-6H,2,4H2,(H2,14,15). The highest BCUT2D eigenvalue weighted by Crippen LogP contribution is 2.43. The molecule has 0 saturated heterocycles.